The molecule has 1 fully saturated rings. The van der Waals surface area contributed by atoms with Gasteiger partial charge in [0.15, 0.2) is 17.5 Å². The van der Waals surface area contributed by atoms with E-state index in [4.69, 9.17) is 9.47 Å². The van der Waals surface area contributed by atoms with Crippen molar-refractivity contribution in [2.45, 2.75) is 84.1 Å². The molecule has 1 aliphatic rings. The Bertz CT molecular complexity index is 1060. The fourth-order valence-electron chi connectivity index (χ4n) is 3.91. The van der Waals surface area contributed by atoms with E-state index in [1.165, 1.54) is 0 Å². The molecule has 2 aromatic rings. The number of benzene rings is 1. The monoisotopic (exact) mass is 483 g/mol. The number of rotatable bonds is 7. The van der Waals surface area contributed by atoms with Crippen LogP contribution in [0.4, 0.5) is 26.5 Å². The lowest BCUT2D eigenvalue weighted by Crippen LogP contribution is -2.50. The number of hydrogen-bond donors (Lipinski definition) is 3. The summed E-state index contributed by atoms with van der Waals surface area (Å²) < 4.78 is 25.9. The minimum Gasteiger partial charge on any atom is -0.491 e. The van der Waals surface area contributed by atoms with Crippen molar-refractivity contribution in [3.63, 3.8) is 0 Å². The molecule has 3 rings (SSSR count). The number of hydrogen-bond acceptors (Lipinski definition) is 7. The van der Waals surface area contributed by atoms with Crippen LogP contribution in [0.1, 0.15) is 65.9 Å². The Balaban J connectivity index is 1.77. The lowest BCUT2D eigenvalue weighted by Gasteiger charge is -2.33. The number of alkyl carbamates (subject to hydrolysis) is 1. The molecule has 1 aromatic heterocycles. The van der Waals surface area contributed by atoms with E-state index in [9.17, 15) is 14.4 Å². The van der Waals surface area contributed by atoms with Gasteiger partial charge in [0, 0.05) is 11.7 Å². The van der Waals surface area contributed by atoms with Gasteiger partial charge in [-0.2, -0.15) is 5.26 Å². The maximum atomic E-state index is 14.9. The Morgan fingerprint density at radius 1 is 1.14 bits per heavy atom. The topological polar surface area (TPSA) is 108 Å². The van der Waals surface area contributed by atoms with Gasteiger partial charge >= 0.3 is 6.09 Å². The van der Waals surface area contributed by atoms with Crippen LogP contribution in [0.2, 0.25) is 0 Å². The fraction of sp³-hybridized carbons (Fsp3) is 0.500. The van der Waals surface area contributed by atoms with E-state index in [-0.39, 0.29) is 35.4 Å². The first-order valence-corrected chi connectivity index (χ1v) is 11.9. The lowest BCUT2D eigenvalue weighted by molar-refractivity contribution is 0.0488. The van der Waals surface area contributed by atoms with E-state index in [1.54, 1.807) is 32.9 Å². The normalized spacial score (nSPS) is 17.9. The second kappa shape index (κ2) is 11.3. The summed E-state index contributed by atoms with van der Waals surface area (Å²) in [5, 5.41) is 18.7. The highest BCUT2D eigenvalue weighted by atomic mass is 19.1. The largest absolute Gasteiger partial charge is 0.491 e. The molecule has 9 heteroatoms. The molecule has 35 heavy (non-hydrogen) atoms. The number of anilines is 3. The third kappa shape index (κ3) is 7.74. The predicted octanol–water partition coefficient (Wildman–Crippen LogP) is 5.87. The van der Waals surface area contributed by atoms with Crippen LogP contribution in [0.25, 0.3) is 0 Å². The Labute approximate surface area is 206 Å². The molecule has 2 atom stereocenters. The SMILES string of the molecule is CC(C)Oc1ccc(Nc2nc(N[C@@H]3CCCC[C@@H]3NC(=O)OC(C)(C)C)c(F)cc2C#N)cc1. The second-order valence-corrected chi connectivity index (χ2v) is 9.93. The van der Waals surface area contributed by atoms with Gasteiger partial charge in [-0.1, -0.05) is 12.8 Å². The highest BCUT2D eigenvalue weighted by Crippen LogP contribution is 2.28. The smallest absolute Gasteiger partial charge is 0.407 e. The average molecular weight is 484 g/mol. The molecule has 0 bridgehead atoms. The van der Waals surface area contributed by atoms with Crippen LogP contribution in [-0.2, 0) is 4.74 Å². The summed E-state index contributed by atoms with van der Waals surface area (Å²) in [6.45, 7) is 9.31. The molecule has 0 aliphatic heterocycles. The first-order valence-electron chi connectivity index (χ1n) is 11.9. The van der Waals surface area contributed by atoms with E-state index < -0.39 is 17.5 Å². The van der Waals surface area contributed by atoms with Crippen LogP contribution < -0.4 is 20.7 Å². The molecule has 8 nitrogen and oxygen atoms in total. The highest BCUT2D eigenvalue weighted by molar-refractivity contribution is 5.68. The second-order valence-electron chi connectivity index (χ2n) is 9.93. The molecule has 1 aromatic carbocycles. The molecular weight excluding hydrogens is 449 g/mol. The first-order chi connectivity index (χ1) is 16.5. The Morgan fingerprint density at radius 2 is 1.80 bits per heavy atom. The van der Waals surface area contributed by atoms with Crippen molar-refractivity contribution in [1.82, 2.24) is 10.3 Å². The molecule has 3 N–H and O–H groups in total. The number of nitrogens with zero attached hydrogens (tertiary/aromatic N) is 2. The highest BCUT2D eigenvalue weighted by Gasteiger charge is 2.29. The van der Waals surface area contributed by atoms with E-state index in [0.717, 1.165) is 37.5 Å². The number of nitriles is 1. The third-order valence-electron chi connectivity index (χ3n) is 5.38. The van der Waals surface area contributed by atoms with E-state index in [1.807, 2.05) is 32.0 Å². The van der Waals surface area contributed by atoms with Gasteiger partial charge in [0.05, 0.1) is 17.7 Å². The van der Waals surface area contributed by atoms with Crippen molar-refractivity contribution >= 4 is 23.4 Å². The molecule has 0 radical (unpaired) electrons. The first kappa shape index (κ1) is 26.1. The molecule has 0 spiro atoms. The predicted molar refractivity (Wildman–Crippen MR) is 133 cm³/mol. The van der Waals surface area contributed by atoms with Crippen LogP contribution in [0.3, 0.4) is 0 Å². The number of carbonyl (C=O) groups excluding carboxylic acids is 1. The molecule has 1 heterocycles. The molecular formula is C26H34FN5O3. The minimum atomic E-state index is -0.630. The van der Waals surface area contributed by atoms with Gasteiger partial charge in [-0.25, -0.2) is 14.2 Å². The molecule has 1 amide bonds. The van der Waals surface area contributed by atoms with Crippen molar-refractivity contribution < 1.29 is 18.7 Å². The molecule has 0 unspecified atom stereocenters. The minimum absolute atomic E-state index is 0.0224. The molecule has 1 aliphatic carbocycles. The number of pyridine rings is 1. The summed E-state index contributed by atoms with van der Waals surface area (Å²) in [6.07, 6.45) is 2.92. The summed E-state index contributed by atoms with van der Waals surface area (Å²) in [5.41, 5.74) is 0.162. The van der Waals surface area contributed by atoms with Gasteiger partial charge in [-0.15, -0.1) is 0 Å². The van der Waals surface area contributed by atoms with Crippen LogP contribution in [0, 0.1) is 17.1 Å². The van der Waals surface area contributed by atoms with Gasteiger partial charge in [-0.05, 0) is 77.8 Å². The standard InChI is InChI=1S/C26H34FN5O3/c1-16(2)34-19-12-10-18(11-13-19)29-23-17(15-28)14-20(27)24(32-23)30-21-8-6-7-9-22(21)31-25(33)35-26(3,4)5/h10-14,16,21-22H,6-9H2,1-5H3,(H,31,33)(H2,29,30,32)/t21-,22+/m1/s1. The van der Waals surface area contributed by atoms with E-state index in [0.29, 0.717) is 5.69 Å². The van der Waals surface area contributed by atoms with Crippen LogP contribution >= 0.6 is 0 Å². The molecule has 1 saturated carbocycles. The third-order valence-corrected chi connectivity index (χ3v) is 5.38. The van der Waals surface area contributed by atoms with Gasteiger partial charge in [0.2, 0.25) is 0 Å². The van der Waals surface area contributed by atoms with Gasteiger partial charge in [0.1, 0.15) is 17.4 Å². The van der Waals surface area contributed by atoms with E-state index in [2.05, 4.69) is 20.9 Å². The summed E-state index contributed by atoms with van der Waals surface area (Å²) in [6, 6.07) is 9.92. The van der Waals surface area contributed by atoms with Gasteiger partial charge < -0.3 is 25.4 Å². The zero-order valence-electron chi connectivity index (χ0n) is 20.9. The fourth-order valence-corrected chi connectivity index (χ4v) is 3.91. The zero-order chi connectivity index (χ0) is 25.6. The lowest BCUT2D eigenvalue weighted by atomic mass is 9.90. The van der Waals surface area contributed by atoms with Crippen molar-refractivity contribution in [3.05, 3.63) is 41.7 Å². The Kier molecular flexibility index (Phi) is 8.39. The summed E-state index contributed by atoms with van der Waals surface area (Å²) in [7, 11) is 0. The maximum Gasteiger partial charge on any atom is 0.407 e. The number of carbonyl (C=O) groups is 1. The Hall–Kier alpha value is -3.54. The summed E-state index contributed by atoms with van der Waals surface area (Å²) in [5.74, 6) is 0.353. The molecule has 188 valence electrons. The average Bonchev–Trinajstić information content (AvgIpc) is 2.76. The Morgan fingerprint density at radius 3 is 2.40 bits per heavy atom. The van der Waals surface area contributed by atoms with Crippen molar-refractivity contribution in [2.75, 3.05) is 10.6 Å². The number of ether oxygens (including phenoxy) is 2. The number of amides is 1. The van der Waals surface area contributed by atoms with Crippen LogP contribution in [0.5, 0.6) is 5.75 Å². The molecule has 0 saturated heterocycles. The van der Waals surface area contributed by atoms with Gasteiger partial charge in [0.25, 0.3) is 0 Å². The van der Waals surface area contributed by atoms with Crippen LogP contribution in [0.15, 0.2) is 30.3 Å². The number of halogens is 1. The number of nitrogens with one attached hydrogen (secondary N) is 3. The zero-order valence-corrected chi connectivity index (χ0v) is 20.9. The summed E-state index contributed by atoms with van der Waals surface area (Å²) in [4.78, 5) is 16.7. The quantitative estimate of drug-likeness (QED) is 0.452. The van der Waals surface area contributed by atoms with E-state index >= 15 is 0 Å². The van der Waals surface area contributed by atoms with Crippen LogP contribution in [-0.4, -0.2) is 34.9 Å². The van der Waals surface area contributed by atoms with Crippen molar-refractivity contribution in [1.29, 1.82) is 5.26 Å². The van der Waals surface area contributed by atoms with Crippen molar-refractivity contribution in [3.8, 4) is 11.8 Å². The summed E-state index contributed by atoms with van der Waals surface area (Å²) >= 11 is 0. The van der Waals surface area contributed by atoms with Gasteiger partial charge in [-0.3, -0.25) is 0 Å². The number of aromatic nitrogens is 1. The maximum absolute atomic E-state index is 14.9. The van der Waals surface area contributed by atoms with Crippen molar-refractivity contribution in [2.24, 2.45) is 0 Å².